The molecule has 0 fully saturated rings. The minimum Gasteiger partial charge on any atom is -0.495 e. The molecule has 1 aromatic carbocycles. The first-order valence-electron chi connectivity index (χ1n) is 5.87. The summed E-state index contributed by atoms with van der Waals surface area (Å²) in [4.78, 5) is 21.7. The first-order chi connectivity index (χ1) is 9.06. The number of hydrogen-bond acceptors (Lipinski definition) is 3. The van der Waals surface area contributed by atoms with Gasteiger partial charge >= 0.3 is 5.97 Å². The van der Waals surface area contributed by atoms with Crippen LogP contribution in [0.4, 0.5) is 0 Å². The Bertz CT molecular complexity index is 494. The average molecular weight is 263 g/mol. The number of para-hydroxylation sites is 1. The van der Waals surface area contributed by atoms with Crippen LogP contribution >= 0.6 is 0 Å². The van der Waals surface area contributed by atoms with Gasteiger partial charge in [-0.15, -0.1) is 0 Å². The van der Waals surface area contributed by atoms with Crippen molar-refractivity contribution >= 4 is 18.0 Å². The fourth-order valence-electron chi connectivity index (χ4n) is 1.62. The Labute approximate surface area is 111 Å². The molecule has 19 heavy (non-hydrogen) atoms. The summed E-state index contributed by atoms with van der Waals surface area (Å²) in [6.45, 7) is 2.01. The molecule has 0 heterocycles. The summed E-state index contributed by atoms with van der Waals surface area (Å²) in [6, 6.07) is 4.94. The van der Waals surface area contributed by atoms with Crippen molar-refractivity contribution in [3.63, 3.8) is 0 Å². The van der Waals surface area contributed by atoms with E-state index in [1.165, 1.54) is 20.1 Å². The van der Waals surface area contributed by atoms with Crippen LogP contribution in [0.15, 0.2) is 24.3 Å². The molecule has 1 rings (SSSR count). The van der Waals surface area contributed by atoms with E-state index in [4.69, 9.17) is 9.84 Å². The summed E-state index contributed by atoms with van der Waals surface area (Å²) >= 11 is 0. The zero-order chi connectivity index (χ0) is 14.3. The average Bonchev–Trinajstić information content (AvgIpc) is 2.37. The Morgan fingerprint density at radius 3 is 2.74 bits per heavy atom. The summed E-state index contributed by atoms with van der Waals surface area (Å²) in [6.07, 6.45) is 4.31. The Morgan fingerprint density at radius 2 is 2.16 bits per heavy atom. The zero-order valence-corrected chi connectivity index (χ0v) is 11.0. The van der Waals surface area contributed by atoms with E-state index in [1.807, 2.05) is 6.08 Å². The number of carbonyl (C=O) groups is 2. The maximum absolute atomic E-state index is 11.0. The number of amides is 1. The quantitative estimate of drug-likeness (QED) is 0.769. The molecule has 0 saturated heterocycles. The maximum atomic E-state index is 11.0. The first kappa shape index (κ1) is 14.8. The van der Waals surface area contributed by atoms with E-state index >= 15 is 0 Å². The van der Waals surface area contributed by atoms with Crippen LogP contribution in [0.2, 0.25) is 0 Å². The van der Waals surface area contributed by atoms with Crippen molar-refractivity contribution in [1.82, 2.24) is 5.32 Å². The van der Waals surface area contributed by atoms with Crippen LogP contribution in [-0.4, -0.2) is 30.6 Å². The van der Waals surface area contributed by atoms with Crippen molar-refractivity contribution in [1.29, 1.82) is 0 Å². The maximum Gasteiger partial charge on any atom is 0.339 e. The molecule has 102 valence electrons. The molecule has 0 aliphatic heterocycles. The highest BCUT2D eigenvalue weighted by Gasteiger charge is 2.12. The lowest BCUT2D eigenvalue weighted by Gasteiger charge is -2.08. The second-order valence-corrected chi connectivity index (χ2v) is 3.91. The van der Waals surface area contributed by atoms with Gasteiger partial charge in [0.2, 0.25) is 5.91 Å². The van der Waals surface area contributed by atoms with Crippen LogP contribution in [0, 0.1) is 0 Å². The molecule has 1 amide bonds. The molecule has 0 radical (unpaired) electrons. The van der Waals surface area contributed by atoms with E-state index in [-0.39, 0.29) is 11.5 Å². The van der Waals surface area contributed by atoms with Gasteiger partial charge in [-0.2, -0.15) is 0 Å². The predicted molar refractivity (Wildman–Crippen MR) is 72.3 cm³/mol. The van der Waals surface area contributed by atoms with Gasteiger partial charge in [-0.3, -0.25) is 4.79 Å². The second kappa shape index (κ2) is 7.20. The Balaban J connectivity index is 2.77. The lowest BCUT2D eigenvalue weighted by molar-refractivity contribution is -0.118. The fraction of sp³-hybridized carbons (Fsp3) is 0.286. The molecule has 0 saturated carbocycles. The van der Waals surface area contributed by atoms with Gasteiger partial charge in [0, 0.05) is 19.0 Å². The highest BCUT2D eigenvalue weighted by atomic mass is 16.5. The summed E-state index contributed by atoms with van der Waals surface area (Å²) in [5.41, 5.74) is 0.830. The van der Waals surface area contributed by atoms with Gasteiger partial charge in [0.1, 0.15) is 11.3 Å². The number of hydrogen-bond donors (Lipinski definition) is 2. The van der Waals surface area contributed by atoms with E-state index in [0.29, 0.717) is 24.3 Å². The molecular formula is C14H17NO4. The lowest BCUT2D eigenvalue weighted by atomic mass is 10.1. The lowest BCUT2D eigenvalue weighted by Crippen LogP contribution is -2.20. The van der Waals surface area contributed by atoms with Gasteiger partial charge < -0.3 is 15.2 Å². The third-order valence-electron chi connectivity index (χ3n) is 2.46. The molecular weight excluding hydrogens is 246 g/mol. The number of benzene rings is 1. The molecule has 0 spiro atoms. The van der Waals surface area contributed by atoms with Crippen molar-refractivity contribution in [3.8, 4) is 5.75 Å². The molecule has 0 aliphatic carbocycles. The third kappa shape index (κ3) is 4.46. The van der Waals surface area contributed by atoms with Crippen molar-refractivity contribution in [2.75, 3.05) is 13.7 Å². The summed E-state index contributed by atoms with van der Waals surface area (Å²) in [7, 11) is 1.44. The Morgan fingerprint density at radius 1 is 1.42 bits per heavy atom. The predicted octanol–water partition coefficient (Wildman–Crippen LogP) is 1.93. The molecule has 5 heteroatoms. The molecule has 0 aromatic heterocycles. The smallest absolute Gasteiger partial charge is 0.339 e. The van der Waals surface area contributed by atoms with Gasteiger partial charge in [-0.1, -0.05) is 24.3 Å². The molecule has 2 N–H and O–H groups in total. The largest absolute Gasteiger partial charge is 0.495 e. The number of carbonyl (C=O) groups excluding carboxylic acids is 1. The van der Waals surface area contributed by atoms with Gasteiger partial charge in [-0.05, 0) is 12.5 Å². The number of ether oxygens (including phenoxy) is 1. The van der Waals surface area contributed by atoms with E-state index in [1.54, 1.807) is 18.2 Å². The molecule has 0 aliphatic rings. The number of carboxylic acids is 1. The molecule has 5 nitrogen and oxygen atoms in total. The van der Waals surface area contributed by atoms with Gasteiger partial charge in [-0.25, -0.2) is 4.79 Å². The van der Waals surface area contributed by atoms with Crippen LogP contribution in [0.1, 0.15) is 29.3 Å². The number of rotatable bonds is 6. The van der Waals surface area contributed by atoms with E-state index in [9.17, 15) is 9.59 Å². The summed E-state index contributed by atoms with van der Waals surface area (Å²) in [5.74, 6) is -0.755. The van der Waals surface area contributed by atoms with E-state index in [0.717, 1.165) is 0 Å². The SMILES string of the molecule is COc1c(C=CCCNC(C)=O)cccc1C(=O)O. The normalized spacial score (nSPS) is 10.4. The van der Waals surface area contributed by atoms with Crippen molar-refractivity contribution < 1.29 is 19.4 Å². The number of carboxylic acid groups (broad SMARTS) is 1. The van der Waals surface area contributed by atoms with Gasteiger partial charge in [0.15, 0.2) is 0 Å². The van der Waals surface area contributed by atoms with Crippen LogP contribution in [-0.2, 0) is 4.79 Å². The van der Waals surface area contributed by atoms with E-state index < -0.39 is 5.97 Å². The Hall–Kier alpha value is -2.30. The zero-order valence-electron chi connectivity index (χ0n) is 11.0. The number of aromatic carboxylic acids is 1. The van der Waals surface area contributed by atoms with Crippen LogP contribution in [0.5, 0.6) is 5.75 Å². The molecule has 1 aromatic rings. The first-order valence-corrected chi connectivity index (χ1v) is 5.87. The summed E-state index contributed by atoms with van der Waals surface area (Å²) < 4.78 is 5.13. The highest BCUT2D eigenvalue weighted by molar-refractivity contribution is 5.92. The van der Waals surface area contributed by atoms with Crippen LogP contribution in [0.25, 0.3) is 6.08 Å². The molecule has 0 atom stereocenters. The van der Waals surface area contributed by atoms with Crippen LogP contribution < -0.4 is 10.1 Å². The minimum absolute atomic E-state index is 0.0705. The van der Waals surface area contributed by atoms with Crippen molar-refractivity contribution in [3.05, 3.63) is 35.4 Å². The minimum atomic E-state index is -1.02. The monoisotopic (exact) mass is 263 g/mol. The molecule has 0 unspecified atom stereocenters. The summed E-state index contributed by atoms with van der Waals surface area (Å²) in [5, 5.41) is 11.7. The van der Waals surface area contributed by atoms with Gasteiger partial charge in [0.25, 0.3) is 0 Å². The van der Waals surface area contributed by atoms with Crippen molar-refractivity contribution in [2.45, 2.75) is 13.3 Å². The second-order valence-electron chi connectivity index (χ2n) is 3.91. The van der Waals surface area contributed by atoms with Crippen molar-refractivity contribution in [2.24, 2.45) is 0 Å². The molecule has 0 bridgehead atoms. The standard InChI is InChI=1S/C14H17NO4/c1-10(16)15-9-4-3-6-11-7-5-8-12(14(17)18)13(11)19-2/h3,5-8H,4,9H2,1-2H3,(H,15,16)(H,17,18). The van der Waals surface area contributed by atoms with Gasteiger partial charge in [0.05, 0.1) is 7.11 Å². The highest BCUT2D eigenvalue weighted by Crippen LogP contribution is 2.25. The van der Waals surface area contributed by atoms with E-state index in [2.05, 4.69) is 5.32 Å². The number of methoxy groups -OCH3 is 1. The third-order valence-corrected chi connectivity index (χ3v) is 2.46. The fourth-order valence-corrected chi connectivity index (χ4v) is 1.62. The van der Waals surface area contributed by atoms with Crippen LogP contribution in [0.3, 0.4) is 0 Å². The Kier molecular flexibility index (Phi) is 5.60. The number of nitrogens with one attached hydrogen (secondary N) is 1. The topological polar surface area (TPSA) is 75.6 Å².